The van der Waals surface area contributed by atoms with Crippen LogP contribution in [-0.4, -0.2) is 35.6 Å². The number of carboxylic acids is 1. The molecule has 0 saturated carbocycles. The number of likely N-dealkylation sites (tertiary alicyclic amines) is 1. The largest absolute Gasteiger partial charge is 0.481 e. The Labute approximate surface area is 173 Å². The van der Waals surface area contributed by atoms with Crippen molar-refractivity contribution in [3.8, 4) is 0 Å². The molecule has 4 heteroatoms. The molecular formula is C24H28ClNO2. The van der Waals surface area contributed by atoms with Gasteiger partial charge in [-0.3, -0.25) is 4.79 Å². The Hall–Kier alpha value is -2.10. The van der Waals surface area contributed by atoms with Gasteiger partial charge in [0.15, 0.2) is 0 Å². The third-order valence-corrected chi connectivity index (χ3v) is 5.93. The molecular weight excluding hydrogens is 370 g/mol. The molecule has 1 atom stereocenters. The standard InChI is InChI=1S/C24H27NO2.ClH/c26-24(27)20-9-5-15-25(17-20)16-6-12-23-21-10-3-1-7-18(21)13-14-19-8-2-4-11-22(19)23;/h1-4,7-8,10-12,20H,5-6,9,13-17H2,(H,26,27);1H. The van der Waals surface area contributed by atoms with E-state index >= 15 is 0 Å². The summed E-state index contributed by atoms with van der Waals surface area (Å²) >= 11 is 0. The number of carboxylic acid groups (broad SMARTS) is 1. The van der Waals surface area contributed by atoms with Crippen LogP contribution in [0.5, 0.6) is 0 Å². The van der Waals surface area contributed by atoms with Crippen molar-refractivity contribution < 1.29 is 9.90 Å². The molecule has 0 aromatic heterocycles. The summed E-state index contributed by atoms with van der Waals surface area (Å²) in [4.78, 5) is 13.6. The van der Waals surface area contributed by atoms with E-state index in [4.69, 9.17) is 0 Å². The van der Waals surface area contributed by atoms with Gasteiger partial charge in [0.1, 0.15) is 0 Å². The van der Waals surface area contributed by atoms with Gasteiger partial charge < -0.3 is 10.0 Å². The van der Waals surface area contributed by atoms with Crippen molar-refractivity contribution in [2.75, 3.05) is 19.6 Å². The Morgan fingerprint density at radius 3 is 2.25 bits per heavy atom. The minimum Gasteiger partial charge on any atom is -0.481 e. The molecule has 0 amide bonds. The number of hydrogen-bond acceptors (Lipinski definition) is 2. The number of halogens is 1. The Kier molecular flexibility index (Phi) is 6.93. The molecule has 148 valence electrons. The van der Waals surface area contributed by atoms with E-state index < -0.39 is 5.97 Å². The number of aliphatic carboxylic acids is 1. The second kappa shape index (κ2) is 9.40. The van der Waals surface area contributed by atoms with Crippen molar-refractivity contribution in [2.45, 2.75) is 32.1 Å². The normalized spacial score (nSPS) is 19.0. The van der Waals surface area contributed by atoms with E-state index in [1.165, 1.54) is 27.8 Å². The van der Waals surface area contributed by atoms with E-state index in [1.54, 1.807) is 0 Å². The average Bonchev–Trinajstić information content (AvgIpc) is 2.86. The molecule has 1 unspecified atom stereocenters. The number of rotatable bonds is 4. The van der Waals surface area contributed by atoms with Gasteiger partial charge in [-0.1, -0.05) is 54.6 Å². The molecule has 28 heavy (non-hydrogen) atoms. The predicted molar refractivity (Wildman–Crippen MR) is 116 cm³/mol. The van der Waals surface area contributed by atoms with Gasteiger partial charge in [-0.2, -0.15) is 0 Å². The SMILES string of the molecule is Cl.O=C(O)C1CCCN(CCC=C2c3ccccc3CCc3ccccc32)C1. The van der Waals surface area contributed by atoms with Crippen LogP contribution >= 0.6 is 12.4 Å². The summed E-state index contributed by atoms with van der Waals surface area (Å²) in [5, 5.41) is 9.30. The average molecular weight is 398 g/mol. The van der Waals surface area contributed by atoms with Crippen LogP contribution in [0.15, 0.2) is 54.6 Å². The first kappa shape index (κ1) is 20.6. The molecule has 1 aliphatic carbocycles. The Morgan fingerprint density at radius 1 is 1.04 bits per heavy atom. The van der Waals surface area contributed by atoms with Gasteiger partial charge >= 0.3 is 5.97 Å². The smallest absolute Gasteiger partial charge is 0.307 e. The number of nitrogens with zero attached hydrogens (tertiary/aromatic N) is 1. The highest BCUT2D eigenvalue weighted by Gasteiger charge is 2.25. The summed E-state index contributed by atoms with van der Waals surface area (Å²) in [5.74, 6) is -0.851. The lowest BCUT2D eigenvalue weighted by Crippen LogP contribution is -2.39. The van der Waals surface area contributed by atoms with Gasteiger partial charge in [0.2, 0.25) is 0 Å². The van der Waals surface area contributed by atoms with Crippen molar-refractivity contribution in [3.63, 3.8) is 0 Å². The van der Waals surface area contributed by atoms with Crippen LogP contribution in [0.25, 0.3) is 5.57 Å². The first-order valence-electron chi connectivity index (χ1n) is 10.0. The molecule has 3 nitrogen and oxygen atoms in total. The molecule has 1 fully saturated rings. The summed E-state index contributed by atoms with van der Waals surface area (Å²) in [7, 11) is 0. The first-order chi connectivity index (χ1) is 13.2. The number of piperidine rings is 1. The number of fused-ring (bicyclic) bond motifs is 2. The van der Waals surface area contributed by atoms with E-state index in [9.17, 15) is 9.90 Å². The van der Waals surface area contributed by atoms with Crippen molar-refractivity contribution in [1.29, 1.82) is 0 Å². The van der Waals surface area contributed by atoms with Crippen LogP contribution in [0.3, 0.4) is 0 Å². The molecule has 0 spiro atoms. The molecule has 1 heterocycles. The van der Waals surface area contributed by atoms with Crippen LogP contribution in [0.1, 0.15) is 41.5 Å². The number of hydrogen-bond donors (Lipinski definition) is 1. The van der Waals surface area contributed by atoms with Crippen molar-refractivity contribution >= 4 is 23.9 Å². The fourth-order valence-electron chi connectivity index (χ4n) is 4.49. The highest BCUT2D eigenvalue weighted by molar-refractivity contribution is 5.85. The molecule has 2 aliphatic rings. The monoisotopic (exact) mass is 397 g/mol. The topological polar surface area (TPSA) is 40.5 Å². The number of benzene rings is 2. The van der Waals surface area contributed by atoms with E-state index in [0.717, 1.165) is 45.2 Å². The molecule has 0 bridgehead atoms. The fourth-order valence-corrected chi connectivity index (χ4v) is 4.49. The maximum absolute atomic E-state index is 11.3. The van der Waals surface area contributed by atoms with E-state index in [2.05, 4.69) is 59.5 Å². The predicted octanol–water partition coefficient (Wildman–Crippen LogP) is 4.83. The summed E-state index contributed by atoms with van der Waals surface area (Å²) in [6.45, 7) is 2.63. The summed E-state index contributed by atoms with van der Waals surface area (Å²) in [6, 6.07) is 17.5. The molecule has 0 radical (unpaired) electrons. The van der Waals surface area contributed by atoms with Crippen molar-refractivity contribution in [3.05, 3.63) is 76.9 Å². The minimum atomic E-state index is -0.648. The maximum Gasteiger partial charge on any atom is 0.307 e. The third-order valence-electron chi connectivity index (χ3n) is 5.93. The zero-order valence-corrected chi connectivity index (χ0v) is 17.0. The molecule has 1 N–H and O–H groups in total. The van der Waals surface area contributed by atoms with Gasteiger partial charge in [0.05, 0.1) is 5.92 Å². The number of carbonyl (C=O) groups is 1. The third kappa shape index (κ3) is 4.48. The van der Waals surface area contributed by atoms with E-state index in [-0.39, 0.29) is 18.3 Å². The maximum atomic E-state index is 11.3. The van der Waals surface area contributed by atoms with Gasteiger partial charge in [-0.05, 0) is 66.5 Å². The highest BCUT2D eigenvalue weighted by Crippen LogP contribution is 2.33. The van der Waals surface area contributed by atoms with Crippen LogP contribution in [-0.2, 0) is 17.6 Å². The van der Waals surface area contributed by atoms with Crippen molar-refractivity contribution in [1.82, 2.24) is 4.90 Å². The Morgan fingerprint density at radius 2 is 1.64 bits per heavy atom. The Balaban J connectivity index is 0.00000225. The van der Waals surface area contributed by atoms with Crippen LogP contribution in [0.4, 0.5) is 0 Å². The highest BCUT2D eigenvalue weighted by atomic mass is 35.5. The van der Waals surface area contributed by atoms with Crippen LogP contribution < -0.4 is 0 Å². The van der Waals surface area contributed by atoms with Crippen molar-refractivity contribution in [2.24, 2.45) is 5.92 Å². The summed E-state index contributed by atoms with van der Waals surface area (Å²) in [6.07, 6.45) is 7.28. The van der Waals surface area contributed by atoms with Gasteiger partial charge in [-0.25, -0.2) is 0 Å². The number of aryl methyl sites for hydroxylation is 2. The zero-order valence-electron chi connectivity index (χ0n) is 16.1. The van der Waals surface area contributed by atoms with Crippen LogP contribution in [0, 0.1) is 5.92 Å². The van der Waals surface area contributed by atoms with Gasteiger partial charge in [0, 0.05) is 13.1 Å². The quantitative estimate of drug-likeness (QED) is 0.803. The molecule has 1 aliphatic heterocycles. The van der Waals surface area contributed by atoms with Gasteiger partial charge in [0.25, 0.3) is 0 Å². The fraction of sp³-hybridized carbons (Fsp3) is 0.375. The first-order valence-corrected chi connectivity index (χ1v) is 10.0. The lowest BCUT2D eigenvalue weighted by Gasteiger charge is -2.30. The molecule has 4 rings (SSSR count). The second-order valence-electron chi connectivity index (χ2n) is 7.70. The molecule has 2 aromatic carbocycles. The van der Waals surface area contributed by atoms with Crippen LogP contribution in [0.2, 0.25) is 0 Å². The van der Waals surface area contributed by atoms with E-state index in [0.29, 0.717) is 6.54 Å². The van der Waals surface area contributed by atoms with Gasteiger partial charge in [-0.15, -0.1) is 12.4 Å². The summed E-state index contributed by atoms with van der Waals surface area (Å²) < 4.78 is 0. The molecule has 1 saturated heterocycles. The molecule has 2 aromatic rings. The second-order valence-corrected chi connectivity index (χ2v) is 7.70. The van der Waals surface area contributed by atoms with E-state index in [1.807, 2.05) is 0 Å². The lowest BCUT2D eigenvalue weighted by atomic mass is 9.93. The lowest BCUT2D eigenvalue weighted by molar-refractivity contribution is -0.143. The summed E-state index contributed by atoms with van der Waals surface area (Å²) in [5.41, 5.74) is 6.88. The zero-order chi connectivity index (χ0) is 18.6. The Bertz CT molecular complexity index is 812. The minimum absolute atomic E-state index is 0.